The Morgan fingerprint density at radius 1 is 1.23 bits per heavy atom. The predicted octanol–water partition coefficient (Wildman–Crippen LogP) is 2.75. The number of hydrogen-bond donors (Lipinski definition) is 1. The van der Waals surface area contributed by atoms with Gasteiger partial charge in [-0.3, -0.25) is 5.10 Å². The van der Waals surface area contributed by atoms with Crippen molar-refractivity contribution < 1.29 is 4.74 Å². The second kappa shape index (κ2) is 6.20. The normalized spacial score (nSPS) is 23.2. The molecule has 0 spiro atoms. The second-order valence-corrected chi connectivity index (χ2v) is 6.53. The standard InChI is InChI=1S/C16H23N5O/c1-2-4-12(5-3-1)10-21-16(14-8-17-18-9-14)19-15(20-21)13-6-7-22-11-13/h8-9,12-13H,1-7,10-11H2,(H,17,18). The van der Waals surface area contributed by atoms with Crippen molar-refractivity contribution in [3.8, 4) is 11.4 Å². The monoisotopic (exact) mass is 301 g/mol. The summed E-state index contributed by atoms with van der Waals surface area (Å²) in [5, 5.41) is 11.8. The van der Waals surface area contributed by atoms with E-state index in [-0.39, 0.29) is 0 Å². The van der Waals surface area contributed by atoms with E-state index >= 15 is 0 Å². The molecular weight excluding hydrogens is 278 g/mol. The van der Waals surface area contributed by atoms with E-state index in [9.17, 15) is 0 Å². The minimum Gasteiger partial charge on any atom is -0.381 e. The van der Waals surface area contributed by atoms with Crippen LogP contribution in [0, 0.1) is 5.92 Å². The third-order valence-electron chi connectivity index (χ3n) is 4.90. The van der Waals surface area contributed by atoms with Crippen LogP contribution in [0.15, 0.2) is 12.4 Å². The Bertz CT molecular complexity index is 594. The maximum atomic E-state index is 5.49. The maximum Gasteiger partial charge on any atom is 0.161 e. The first kappa shape index (κ1) is 13.9. The number of nitrogens with one attached hydrogen (secondary N) is 1. The highest BCUT2D eigenvalue weighted by Gasteiger charge is 2.25. The Balaban J connectivity index is 1.62. The smallest absolute Gasteiger partial charge is 0.161 e. The van der Waals surface area contributed by atoms with Gasteiger partial charge in [0.1, 0.15) is 0 Å². The molecular formula is C16H23N5O. The fraction of sp³-hybridized carbons (Fsp3) is 0.688. The summed E-state index contributed by atoms with van der Waals surface area (Å²) in [6.07, 6.45) is 11.5. The first-order valence-electron chi connectivity index (χ1n) is 8.42. The summed E-state index contributed by atoms with van der Waals surface area (Å²) in [4.78, 5) is 4.81. The third-order valence-corrected chi connectivity index (χ3v) is 4.90. The van der Waals surface area contributed by atoms with Crippen molar-refractivity contribution in [2.45, 2.75) is 51.0 Å². The molecule has 2 fully saturated rings. The molecule has 1 aliphatic carbocycles. The summed E-state index contributed by atoms with van der Waals surface area (Å²) in [5.74, 6) is 2.96. The van der Waals surface area contributed by atoms with Crippen LogP contribution in [0.3, 0.4) is 0 Å². The lowest BCUT2D eigenvalue weighted by Crippen LogP contribution is -2.16. The van der Waals surface area contributed by atoms with Crippen LogP contribution < -0.4 is 0 Å². The van der Waals surface area contributed by atoms with Crippen molar-refractivity contribution in [2.24, 2.45) is 5.92 Å². The van der Waals surface area contributed by atoms with E-state index < -0.39 is 0 Å². The summed E-state index contributed by atoms with van der Waals surface area (Å²) < 4.78 is 7.60. The lowest BCUT2D eigenvalue weighted by molar-refractivity contribution is 0.193. The summed E-state index contributed by atoms with van der Waals surface area (Å²) >= 11 is 0. The molecule has 0 amide bonds. The highest BCUT2D eigenvalue weighted by Crippen LogP contribution is 2.29. The molecule has 0 bridgehead atoms. The lowest BCUT2D eigenvalue weighted by atomic mass is 9.89. The molecule has 1 unspecified atom stereocenters. The minimum atomic E-state index is 0.346. The summed E-state index contributed by atoms with van der Waals surface area (Å²) in [5.41, 5.74) is 1.02. The van der Waals surface area contributed by atoms with Gasteiger partial charge in [0, 0.05) is 25.3 Å². The predicted molar refractivity (Wildman–Crippen MR) is 82.4 cm³/mol. The van der Waals surface area contributed by atoms with E-state index in [1.54, 1.807) is 0 Å². The van der Waals surface area contributed by atoms with Gasteiger partial charge >= 0.3 is 0 Å². The first-order valence-corrected chi connectivity index (χ1v) is 8.42. The number of hydrogen-bond acceptors (Lipinski definition) is 4. The van der Waals surface area contributed by atoms with Crippen molar-refractivity contribution in [2.75, 3.05) is 13.2 Å². The van der Waals surface area contributed by atoms with Crippen LogP contribution in [0.25, 0.3) is 11.4 Å². The SMILES string of the molecule is c1n[nH]cc1-c1nc(C2CCOC2)nn1CC1CCCCC1. The van der Waals surface area contributed by atoms with Crippen LogP contribution in [-0.4, -0.2) is 38.2 Å². The molecule has 6 heteroatoms. The molecule has 118 valence electrons. The van der Waals surface area contributed by atoms with E-state index in [4.69, 9.17) is 14.8 Å². The summed E-state index contributed by atoms with van der Waals surface area (Å²) in [6.45, 7) is 2.54. The van der Waals surface area contributed by atoms with E-state index in [0.717, 1.165) is 49.3 Å². The fourth-order valence-electron chi connectivity index (χ4n) is 3.60. The molecule has 2 aromatic heterocycles. The maximum absolute atomic E-state index is 5.49. The van der Waals surface area contributed by atoms with E-state index in [2.05, 4.69) is 14.9 Å². The van der Waals surface area contributed by atoms with E-state index in [0.29, 0.717) is 5.92 Å². The third kappa shape index (κ3) is 2.79. The van der Waals surface area contributed by atoms with E-state index in [1.165, 1.54) is 32.1 Å². The van der Waals surface area contributed by atoms with Crippen LogP contribution in [0.4, 0.5) is 0 Å². The van der Waals surface area contributed by atoms with Crippen LogP contribution >= 0.6 is 0 Å². The molecule has 2 aromatic rings. The Morgan fingerprint density at radius 3 is 2.86 bits per heavy atom. The zero-order valence-electron chi connectivity index (χ0n) is 12.9. The number of ether oxygens (including phenoxy) is 1. The Labute approximate surface area is 130 Å². The number of H-pyrrole nitrogens is 1. The van der Waals surface area contributed by atoms with Crippen molar-refractivity contribution in [1.82, 2.24) is 25.0 Å². The number of aromatic nitrogens is 5. The Hall–Kier alpha value is -1.69. The van der Waals surface area contributed by atoms with Crippen molar-refractivity contribution in [1.29, 1.82) is 0 Å². The van der Waals surface area contributed by atoms with Gasteiger partial charge in [-0.15, -0.1) is 0 Å². The van der Waals surface area contributed by atoms with Gasteiger partial charge in [0.05, 0.1) is 18.4 Å². The Kier molecular flexibility index (Phi) is 3.93. The molecule has 4 rings (SSSR count). The molecule has 1 saturated heterocycles. The van der Waals surface area contributed by atoms with Gasteiger partial charge in [-0.1, -0.05) is 19.3 Å². The minimum absolute atomic E-state index is 0.346. The molecule has 1 N–H and O–H groups in total. The van der Waals surface area contributed by atoms with Gasteiger partial charge < -0.3 is 4.74 Å². The van der Waals surface area contributed by atoms with Crippen molar-refractivity contribution >= 4 is 0 Å². The highest BCUT2D eigenvalue weighted by molar-refractivity contribution is 5.52. The molecule has 2 aliphatic rings. The van der Waals surface area contributed by atoms with Gasteiger partial charge in [-0.2, -0.15) is 10.2 Å². The summed E-state index contributed by atoms with van der Waals surface area (Å²) in [6, 6.07) is 0. The van der Waals surface area contributed by atoms with Gasteiger partial charge in [-0.25, -0.2) is 9.67 Å². The molecule has 22 heavy (non-hydrogen) atoms. The Morgan fingerprint density at radius 2 is 2.14 bits per heavy atom. The van der Waals surface area contributed by atoms with Gasteiger partial charge in [0.15, 0.2) is 11.6 Å². The average molecular weight is 301 g/mol. The molecule has 1 saturated carbocycles. The largest absolute Gasteiger partial charge is 0.381 e. The number of aromatic amines is 1. The highest BCUT2D eigenvalue weighted by atomic mass is 16.5. The fourth-order valence-corrected chi connectivity index (χ4v) is 3.60. The zero-order valence-corrected chi connectivity index (χ0v) is 12.9. The molecule has 0 aromatic carbocycles. The summed E-state index contributed by atoms with van der Waals surface area (Å²) in [7, 11) is 0. The van der Waals surface area contributed by atoms with Crippen LogP contribution in [0.1, 0.15) is 50.3 Å². The van der Waals surface area contributed by atoms with Crippen molar-refractivity contribution in [3.05, 3.63) is 18.2 Å². The molecule has 1 atom stereocenters. The van der Waals surface area contributed by atoms with Crippen LogP contribution in [0.2, 0.25) is 0 Å². The topological polar surface area (TPSA) is 68.6 Å². The van der Waals surface area contributed by atoms with Gasteiger partial charge in [0.25, 0.3) is 0 Å². The van der Waals surface area contributed by atoms with Crippen LogP contribution in [-0.2, 0) is 11.3 Å². The molecule has 0 radical (unpaired) electrons. The first-order chi connectivity index (χ1) is 10.9. The molecule has 6 nitrogen and oxygen atoms in total. The zero-order chi connectivity index (χ0) is 14.8. The quantitative estimate of drug-likeness (QED) is 0.942. The number of rotatable bonds is 4. The van der Waals surface area contributed by atoms with Gasteiger partial charge in [0.2, 0.25) is 0 Å². The molecule has 3 heterocycles. The second-order valence-electron chi connectivity index (χ2n) is 6.53. The van der Waals surface area contributed by atoms with Crippen LogP contribution in [0.5, 0.6) is 0 Å². The lowest BCUT2D eigenvalue weighted by Gasteiger charge is -2.21. The average Bonchev–Trinajstić information content (AvgIpc) is 3.29. The van der Waals surface area contributed by atoms with Gasteiger partial charge in [-0.05, 0) is 25.2 Å². The molecule has 1 aliphatic heterocycles. The van der Waals surface area contributed by atoms with E-state index in [1.807, 2.05) is 12.4 Å². The van der Waals surface area contributed by atoms with Crippen molar-refractivity contribution in [3.63, 3.8) is 0 Å². The number of nitrogens with zero attached hydrogens (tertiary/aromatic N) is 4.